The molecule has 2 aromatic rings. The Morgan fingerprint density at radius 2 is 1.73 bits per heavy atom. The van der Waals surface area contributed by atoms with Crippen molar-refractivity contribution in [3.05, 3.63) is 59.7 Å². The number of nitrogens with zero attached hydrogens (tertiary/aromatic N) is 1. The third-order valence-electron chi connectivity index (χ3n) is 3.70. The van der Waals surface area contributed by atoms with Gasteiger partial charge in [-0.25, -0.2) is 4.99 Å². The Labute approximate surface area is 131 Å². The van der Waals surface area contributed by atoms with Crippen molar-refractivity contribution in [2.75, 3.05) is 13.7 Å². The molecule has 3 rings (SSSR count). The topological polar surface area (TPSA) is 30.8 Å². The van der Waals surface area contributed by atoms with Crippen LogP contribution in [0.1, 0.15) is 25.0 Å². The lowest BCUT2D eigenvalue weighted by atomic mass is 9.98. The molecular weight excluding hydrogens is 274 g/mol. The Balaban J connectivity index is 1.98. The highest BCUT2D eigenvalue weighted by Gasteiger charge is 2.28. The first-order chi connectivity index (χ1) is 10.6. The molecule has 0 fully saturated rings. The summed E-state index contributed by atoms with van der Waals surface area (Å²) in [4.78, 5) is 4.70. The zero-order valence-electron chi connectivity index (χ0n) is 13.3. The van der Waals surface area contributed by atoms with E-state index in [-0.39, 0.29) is 5.54 Å². The van der Waals surface area contributed by atoms with Gasteiger partial charge in [-0.1, -0.05) is 42.5 Å². The molecule has 0 saturated carbocycles. The number of methoxy groups -OCH3 is 1. The fourth-order valence-electron chi connectivity index (χ4n) is 2.59. The third kappa shape index (κ3) is 3.04. The van der Waals surface area contributed by atoms with Crippen molar-refractivity contribution in [1.29, 1.82) is 0 Å². The van der Waals surface area contributed by atoms with E-state index in [1.54, 1.807) is 7.11 Å². The molecule has 2 aromatic carbocycles. The van der Waals surface area contributed by atoms with E-state index in [2.05, 4.69) is 50.2 Å². The first-order valence-corrected chi connectivity index (χ1v) is 7.49. The number of rotatable bonds is 4. The van der Waals surface area contributed by atoms with Crippen molar-refractivity contribution in [1.82, 2.24) is 0 Å². The van der Waals surface area contributed by atoms with Gasteiger partial charge in [0.1, 0.15) is 6.61 Å². The van der Waals surface area contributed by atoms with Gasteiger partial charge in [0.15, 0.2) is 0 Å². The highest BCUT2D eigenvalue weighted by Crippen LogP contribution is 2.28. The maximum atomic E-state index is 5.81. The van der Waals surface area contributed by atoms with Crippen molar-refractivity contribution >= 4 is 5.90 Å². The smallest absolute Gasteiger partial charge is 0.217 e. The molecule has 0 aliphatic carbocycles. The second-order valence-electron chi connectivity index (χ2n) is 6.19. The largest absolute Gasteiger partial charge is 0.475 e. The van der Waals surface area contributed by atoms with Crippen molar-refractivity contribution in [3.8, 4) is 11.1 Å². The molecule has 3 nitrogen and oxygen atoms in total. The van der Waals surface area contributed by atoms with E-state index in [1.165, 1.54) is 5.56 Å². The van der Waals surface area contributed by atoms with Crippen LogP contribution >= 0.6 is 0 Å². The average molecular weight is 295 g/mol. The minimum atomic E-state index is -0.148. The van der Waals surface area contributed by atoms with E-state index in [0.29, 0.717) is 13.2 Å². The lowest BCUT2D eigenvalue weighted by molar-refractivity contribution is 0.185. The molecule has 1 aliphatic rings. The number of aliphatic imine (C=N–C) groups is 1. The molecular formula is C19H21NO2. The molecule has 0 unspecified atom stereocenters. The predicted octanol–water partition coefficient (Wildman–Crippen LogP) is 4.06. The zero-order valence-corrected chi connectivity index (χ0v) is 13.3. The van der Waals surface area contributed by atoms with E-state index >= 15 is 0 Å². The highest BCUT2D eigenvalue weighted by atomic mass is 16.5. The Bertz CT molecular complexity index is 687. The monoisotopic (exact) mass is 295 g/mol. The van der Waals surface area contributed by atoms with Gasteiger partial charge < -0.3 is 9.47 Å². The quantitative estimate of drug-likeness (QED) is 0.851. The molecule has 0 bridgehead atoms. The van der Waals surface area contributed by atoms with Gasteiger partial charge in [-0.2, -0.15) is 0 Å². The van der Waals surface area contributed by atoms with Crippen LogP contribution in [0.2, 0.25) is 0 Å². The number of hydrogen-bond acceptors (Lipinski definition) is 3. The standard InChI is InChI=1S/C19H21NO2/c1-19(2)13-22-18(20-19)17-7-5-4-6-16(17)15-10-8-14(9-11-15)12-21-3/h4-11H,12-13H2,1-3H3. The summed E-state index contributed by atoms with van der Waals surface area (Å²) < 4.78 is 11.0. The first kappa shape index (κ1) is 14.8. The SMILES string of the molecule is COCc1ccc(-c2ccccc2C2=NC(C)(C)CO2)cc1. The number of hydrogen-bond donors (Lipinski definition) is 0. The molecule has 1 heterocycles. The van der Waals surface area contributed by atoms with Crippen LogP contribution in [0.25, 0.3) is 11.1 Å². The van der Waals surface area contributed by atoms with Gasteiger partial charge in [0.05, 0.1) is 12.1 Å². The molecule has 0 aromatic heterocycles. The molecule has 1 aliphatic heterocycles. The molecule has 0 spiro atoms. The molecule has 0 saturated heterocycles. The minimum absolute atomic E-state index is 0.148. The Morgan fingerprint density at radius 3 is 2.32 bits per heavy atom. The summed E-state index contributed by atoms with van der Waals surface area (Å²) in [6.45, 7) is 5.43. The molecule has 22 heavy (non-hydrogen) atoms. The summed E-state index contributed by atoms with van der Waals surface area (Å²) in [5.41, 5.74) is 4.37. The lowest BCUT2D eigenvalue weighted by Crippen LogP contribution is -2.17. The Morgan fingerprint density at radius 1 is 1.05 bits per heavy atom. The van der Waals surface area contributed by atoms with Crippen LogP contribution in [0.5, 0.6) is 0 Å². The lowest BCUT2D eigenvalue weighted by Gasteiger charge is -2.10. The first-order valence-electron chi connectivity index (χ1n) is 7.49. The van der Waals surface area contributed by atoms with Crippen LogP contribution < -0.4 is 0 Å². The highest BCUT2D eigenvalue weighted by molar-refractivity contribution is 6.01. The van der Waals surface area contributed by atoms with Crippen LogP contribution in [-0.4, -0.2) is 25.2 Å². The van der Waals surface area contributed by atoms with Gasteiger partial charge in [-0.05, 0) is 36.6 Å². The van der Waals surface area contributed by atoms with Gasteiger partial charge in [0, 0.05) is 12.7 Å². The number of benzene rings is 2. The summed E-state index contributed by atoms with van der Waals surface area (Å²) in [6, 6.07) is 16.7. The van der Waals surface area contributed by atoms with Crippen LogP contribution in [-0.2, 0) is 16.1 Å². The van der Waals surface area contributed by atoms with E-state index in [4.69, 9.17) is 14.5 Å². The molecule has 0 N–H and O–H groups in total. The maximum absolute atomic E-state index is 5.81. The Hall–Kier alpha value is -2.13. The summed E-state index contributed by atoms with van der Waals surface area (Å²) >= 11 is 0. The van der Waals surface area contributed by atoms with Gasteiger partial charge in [-0.15, -0.1) is 0 Å². The van der Waals surface area contributed by atoms with Gasteiger partial charge >= 0.3 is 0 Å². The van der Waals surface area contributed by atoms with Gasteiger partial charge in [0.2, 0.25) is 5.90 Å². The third-order valence-corrected chi connectivity index (χ3v) is 3.70. The predicted molar refractivity (Wildman–Crippen MR) is 89.2 cm³/mol. The number of ether oxygens (including phenoxy) is 2. The van der Waals surface area contributed by atoms with Crippen molar-refractivity contribution in [2.24, 2.45) is 4.99 Å². The fourth-order valence-corrected chi connectivity index (χ4v) is 2.59. The second-order valence-corrected chi connectivity index (χ2v) is 6.19. The Kier molecular flexibility index (Phi) is 3.99. The summed E-state index contributed by atoms with van der Waals surface area (Å²) in [6.07, 6.45) is 0. The normalized spacial score (nSPS) is 16.2. The van der Waals surface area contributed by atoms with E-state index in [1.807, 2.05) is 12.1 Å². The molecule has 0 radical (unpaired) electrons. The molecule has 0 amide bonds. The van der Waals surface area contributed by atoms with Gasteiger partial charge in [0.25, 0.3) is 0 Å². The fraction of sp³-hybridized carbons (Fsp3) is 0.316. The minimum Gasteiger partial charge on any atom is -0.475 e. The summed E-state index contributed by atoms with van der Waals surface area (Å²) in [5, 5.41) is 0. The second kappa shape index (κ2) is 5.93. The summed E-state index contributed by atoms with van der Waals surface area (Å²) in [7, 11) is 1.71. The van der Waals surface area contributed by atoms with E-state index < -0.39 is 0 Å². The van der Waals surface area contributed by atoms with Crippen LogP contribution in [0.4, 0.5) is 0 Å². The van der Waals surface area contributed by atoms with Crippen LogP contribution in [0.3, 0.4) is 0 Å². The summed E-state index contributed by atoms with van der Waals surface area (Å²) in [5.74, 6) is 0.738. The van der Waals surface area contributed by atoms with E-state index in [9.17, 15) is 0 Å². The maximum Gasteiger partial charge on any atom is 0.217 e. The molecule has 114 valence electrons. The zero-order chi connectivity index (χ0) is 15.6. The molecule has 0 atom stereocenters. The van der Waals surface area contributed by atoms with Crippen molar-refractivity contribution in [3.63, 3.8) is 0 Å². The van der Waals surface area contributed by atoms with Crippen LogP contribution in [0, 0.1) is 0 Å². The molecule has 3 heteroatoms. The average Bonchev–Trinajstić information content (AvgIpc) is 2.88. The van der Waals surface area contributed by atoms with Crippen molar-refractivity contribution in [2.45, 2.75) is 26.0 Å². The van der Waals surface area contributed by atoms with Crippen molar-refractivity contribution < 1.29 is 9.47 Å². The van der Waals surface area contributed by atoms with E-state index in [0.717, 1.165) is 22.6 Å². The van der Waals surface area contributed by atoms with Crippen LogP contribution in [0.15, 0.2) is 53.5 Å². The van der Waals surface area contributed by atoms with Gasteiger partial charge in [-0.3, -0.25) is 0 Å².